The molecule has 4 N–H and O–H groups in total. The molecular weight excluding hydrogens is 953 g/mol. The summed E-state index contributed by atoms with van der Waals surface area (Å²) in [5, 5.41) is 16.3. The Hall–Kier alpha value is -7.94. The fourth-order valence-corrected chi connectivity index (χ4v) is 13.3. The van der Waals surface area contributed by atoms with Gasteiger partial charge in [0.15, 0.2) is 0 Å². The number of benzene rings is 4. The van der Waals surface area contributed by atoms with Crippen molar-refractivity contribution >= 4 is 44.6 Å². The second-order valence-electron chi connectivity index (χ2n) is 21.2. The van der Waals surface area contributed by atoms with E-state index in [1.54, 1.807) is 26.6 Å². The molecule has 14 rings (SSSR count). The van der Waals surface area contributed by atoms with E-state index < -0.39 is 45.9 Å². The van der Waals surface area contributed by atoms with Crippen LogP contribution in [0.4, 0.5) is 22.7 Å². The van der Waals surface area contributed by atoms with Crippen LogP contribution in [0.2, 0.25) is 0 Å². The maximum absolute atomic E-state index is 14.2. The number of nitrogens with one attached hydrogen (secondary N) is 4. The standard InChI is InChI=1S/C62H62N8O6/c1-5-35-33-69-27-23-39(35)29-49(69)53(43-21-25-63-47-19-17-41(75-3)31-45(43)47)67-57-55(59(71)61(57)73)65-51(37-13-9-7-10-14-37)52(38-15-11-8-12-16-38)66-56-58(62(74)60(56)72)68-54(50-30-40-24-28-70(50)34-36(40)6-2)44-22-26-64-48-20-18-42(76-4)32-46(44)48/h5-22,25-26,31-32,35-36,39-40,49-54,65-68H,1-2,23-24,27-30,33-34H2,3-4H3/t35-,36-,39-,40-,49-,50-,51+,52+,53-,54-/m0/s1. The molecule has 6 aliphatic rings. The van der Waals surface area contributed by atoms with Gasteiger partial charge in [-0.1, -0.05) is 72.8 Å². The van der Waals surface area contributed by atoms with E-state index in [1.807, 2.05) is 109 Å². The first-order valence-electron chi connectivity index (χ1n) is 26.6. The van der Waals surface area contributed by atoms with Gasteiger partial charge < -0.3 is 30.7 Å². The van der Waals surface area contributed by atoms with Gasteiger partial charge in [0.25, 0.3) is 21.7 Å². The molecule has 12 atom stereocenters. The summed E-state index contributed by atoms with van der Waals surface area (Å²) in [5.41, 5.74) is 3.14. The quantitative estimate of drug-likeness (QED) is 0.0447. The summed E-state index contributed by atoms with van der Waals surface area (Å²) in [7, 11) is 3.28. The third-order valence-corrected chi connectivity index (χ3v) is 17.4. The summed E-state index contributed by atoms with van der Waals surface area (Å²) in [5.74, 6) is 2.92. The topological polar surface area (TPSA) is 167 Å². The van der Waals surface area contributed by atoms with Crippen LogP contribution < -0.4 is 52.5 Å². The van der Waals surface area contributed by atoms with E-state index in [2.05, 4.69) is 56.4 Å². The Morgan fingerprint density at radius 3 is 1.29 bits per heavy atom. The smallest absolute Gasteiger partial charge is 0.253 e. The number of piperidine rings is 6. The van der Waals surface area contributed by atoms with Crippen LogP contribution in [-0.4, -0.2) is 72.3 Å². The van der Waals surface area contributed by atoms with Gasteiger partial charge in [-0.25, -0.2) is 0 Å². The summed E-state index contributed by atoms with van der Waals surface area (Å²) in [6.45, 7) is 11.8. The number of ether oxygens (including phenoxy) is 2. The molecule has 0 spiro atoms. The van der Waals surface area contributed by atoms with Crippen molar-refractivity contribution in [1.82, 2.24) is 19.8 Å². The zero-order valence-corrected chi connectivity index (χ0v) is 42.8. The van der Waals surface area contributed by atoms with Gasteiger partial charge in [-0.3, -0.25) is 38.9 Å². The third-order valence-electron chi connectivity index (χ3n) is 17.4. The van der Waals surface area contributed by atoms with E-state index in [-0.39, 0.29) is 34.8 Å². The number of hydrogen-bond acceptors (Lipinski definition) is 14. The number of nitrogens with zero attached hydrogens (tertiary/aromatic N) is 4. The lowest BCUT2D eigenvalue weighted by atomic mass is 9.73. The van der Waals surface area contributed by atoms with Crippen LogP contribution in [0, 0.1) is 23.7 Å². The summed E-state index contributed by atoms with van der Waals surface area (Å²) >= 11 is 0. The molecule has 6 aliphatic heterocycles. The first kappa shape index (κ1) is 49.0. The van der Waals surface area contributed by atoms with Gasteiger partial charge in [0.2, 0.25) is 0 Å². The number of fused-ring (bicyclic) bond motifs is 8. The van der Waals surface area contributed by atoms with Crippen LogP contribution >= 0.6 is 0 Å². The maximum atomic E-state index is 14.2. The Labute approximate surface area is 440 Å². The highest BCUT2D eigenvalue weighted by molar-refractivity contribution is 5.87. The van der Waals surface area contributed by atoms with Crippen molar-refractivity contribution in [2.24, 2.45) is 23.7 Å². The van der Waals surface area contributed by atoms with E-state index in [9.17, 15) is 19.2 Å². The van der Waals surface area contributed by atoms with E-state index in [0.29, 0.717) is 35.2 Å². The molecule has 76 heavy (non-hydrogen) atoms. The molecular formula is C62H62N8O6. The highest BCUT2D eigenvalue weighted by Gasteiger charge is 2.46. The van der Waals surface area contributed by atoms with E-state index in [0.717, 1.165) is 95.9 Å². The second-order valence-corrected chi connectivity index (χ2v) is 21.2. The lowest BCUT2D eigenvalue weighted by Crippen LogP contribution is -2.56. The molecule has 0 amide bonds. The molecule has 4 bridgehead atoms. The summed E-state index contributed by atoms with van der Waals surface area (Å²) in [4.78, 5) is 71.3. The summed E-state index contributed by atoms with van der Waals surface area (Å²) in [6.07, 6.45) is 11.6. The van der Waals surface area contributed by atoms with E-state index >= 15 is 0 Å². The van der Waals surface area contributed by atoms with Crippen LogP contribution in [0.1, 0.15) is 72.1 Å². The average Bonchev–Trinajstić information content (AvgIpc) is 3.56. The largest absolute Gasteiger partial charge is 0.497 e. The number of methoxy groups -OCH3 is 2. The predicted molar refractivity (Wildman–Crippen MR) is 301 cm³/mol. The minimum Gasteiger partial charge on any atom is -0.497 e. The van der Waals surface area contributed by atoms with Crippen LogP contribution in [0.3, 0.4) is 0 Å². The minimum absolute atomic E-state index is 0.0207. The SMILES string of the molecule is C=C[C@H]1CN2CC[C@H]1C[C@H]2[C@@H](Nc1c(N[C@H](c2ccccc2)[C@H](Nc2c(N[C@@H](c3ccnc4ccc(OC)cc34)[C@@H]3C[C@@H]4CCN3C[C@@H]4C=C)c(=O)c2=O)c2ccccc2)c(=O)c1=O)c1ccnc2ccc(OC)cc12. The average molecular weight is 1020 g/mol. The number of anilines is 4. The number of rotatable bonds is 19. The lowest BCUT2D eigenvalue weighted by molar-refractivity contribution is 0.0105. The van der Waals surface area contributed by atoms with Gasteiger partial charge in [-0.15, -0.1) is 13.2 Å². The van der Waals surface area contributed by atoms with Gasteiger partial charge in [0, 0.05) is 48.3 Å². The monoisotopic (exact) mass is 1010 g/mol. The Kier molecular flexibility index (Phi) is 13.1. The summed E-state index contributed by atoms with van der Waals surface area (Å²) in [6, 6.07) is 32.6. The van der Waals surface area contributed by atoms with Crippen molar-refractivity contribution in [2.45, 2.75) is 61.9 Å². The molecule has 0 saturated carbocycles. The van der Waals surface area contributed by atoms with Crippen molar-refractivity contribution in [3.8, 4) is 11.5 Å². The Balaban J connectivity index is 0.933. The number of pyridine rings is 2. The molecule has 8 heterocycles. The van der Waals surface area contributed by atoms with Gasteiger partial charge >= 0.3 is 0 Å². The van der Waals surface area contributed by atoms with Crippen molar-refractivity contribution < 1.29 is 9.47 Å². The number of aromatic nitrogens is 2. The molecule has 2 aromatic heterocycles. The first-order valence-corrected chi connectivity index (χ1v) is 26.6. The molecule has 6 aromatic carbocycles. The normalized spacial score (nSPS) is 24.4. The zero-order chi connectivity index (χ0) is 52.2. The summed E-state index contributed by atoms with van der Waals surface area (Å²) < 4.78 is 11.4. The molecule has 14 heteroatoms. The fraction of sp³-hybridized carbons (Fsp3) is 0.323. The Bertz CT molecular complexity index is 3390. The second kappa shape index (κ2) is 20.3. The molecule has 14 nitrogen and oxygen atoms in total. The molecule has 0 radical (unpaired) electrons. The van der Waals surface area contributed by atoms with Crippen molar-refractivity contribution in [3.05, 3.63) is 210 Å². The maximum Gasteiger partial charge on any atom is 0.253 e. The number of hydrogen-bond donors (Lipinski definition) is 4. The zero-order valence-electron chi connectivity index (χ0n) is 42.8. The molecule has 6 fully saturated rings. The minimum atomic E-state index is -0.750. The van der Waals surface area contributed by atoms with Crippen molar-refractivity contribution in [2.75, 3.05) is 61.7 Å². The Morgan fingerprint density at radius 2 is 0.934 bits per heavy atom. The Morgan fingerprint density at radius 1 is 0.539 bits per heavy atom. The van der Waals surface area contributed by atoms with Crippen LogP contribution in [0.15, 0.2) is 166 Å². The van der Waals surface area contributed by atoms with E-state index in [4.69, 9.17) is 19.4 Å². The third kappa shape index (κ3) is 8.62. The fourth-order valence-electron chi connectivity index (χ4n) is 13.3. The van der Waals surface area contributed by atoms with Gasteiger partial charge in [-0.2, -0.15) is 0 Å². The van der Waals surface area contributed by atoms with Crippen molar-refractivity contribution in [1.29, 1.82) is 0 Å². The molecule has 2 unspecified atom stereocenters. The molecule has 0 aliphatic carbocycles. The van der Waals surface area contributed by atoms with Crippen LogP contribution in [0.5, 0.6) is 11.5 Å². The van der Waals surface area contributed by atoms with E-state index in [1.165, 1.54) is 0 Å². The van der Waals surface area contributed by atoms with Gasteiger partial charge in [0.1, 0.15) is 34.2 Å². The van der Waals surface area contributed by atoms with Gasteiger partial charge in [-0.05, 0) is 133 Å². The van der Waals surface area contributed by atoms with Crippen LogP contribution in [-0.2, 0) is 0 Å². The highest BCUT2D eigenvalue weighted by atomic mass is 16.5. The van der Waals surface area contributed by atoms with Crippen molar-refractivity contribution in [3.63, 3.8) is 0 Å². The molecule has 8 aromatic rings. The first-order chi connectivity index (χ1) is 37.1. The van der Waals surface area contributed by atoms with Crippen LogP contribution in [0.25, 0.3) is 21.8 Å². The molecule has 6 saturated heterocycles. The predicted octanol–water partition coefficient (Wildman–Crippen LogP) is 9.10. The van der Waals surface area contributed by atoms with Gasteiger partial charge in [0.05, 0.1) is 49.4 Å². The lowest BCUT2D eigenvalue weighted by Gasteiger charge is -2.52. The molecule has 386 valence electrons. The highest BCUT2D eigenvalue weighted by Crippen LogP contribution is 2.47.